The highest BCUT2D eigenvalue weighted by molar-refractivity contribution is 6.32. The summed E-state index contributed by atoms with van der Waals surface area (Å²) < 4.78 is 4.89. The Balaban J connectivity index is 2.43. The lowest BCUT2D eigenvalue weighted by molar-refractivity contribution is 0.196. The summed E-state index contributed by atoms with van der Waals surface area (Å²) in [4.78, 5) is 17.4. The molecule has 0 fully saturated rings. The van der Waals surface area contributed by atoms with Crippen molar-refractivity contribution in [2.75, 3.05) is 25.6 Å². The smallest absolute Gasteiger partial charge is 0.271 e. The number of alkyl halides is 1. The number of nitrogens with zero attached hydrogens (tertiary/aromatic N) is 1. The van der Waals surface area contributed by atoms with Gasteiger partial charge in [-0.1, -0.05) is 11.6 Å². The summed E-state index contributed by atoms with van der Waals surface area (Å²) in [6, 6.07) is 0. The first kappa shape index (κ1) is 13.3. The maximum atomic E-state index is 11.1. The lowest BCUT2D eigenvalue weighted by atomic mass is 10.3. The molecule has 16 heavy (non-hydrogen) atoms. The Bertz CT molecular complexity index is 383. The molecule has 0 saturated carbocycles. The fourth-order valence-corrected chi connectivity index (χ4v) is 1.52. The number of H-pyrrole nitrogens is 1. The van der Waals surface area contributed by atoms with E-state index in [1.165, 1.54) is 6.33 Å². The Labute approximate surface area is 103 Å². The standard InChI is InChI=1S/C9H13Cl2N3O2/c1-16-4-6(10)2-3-12-8-7(11)9(15)14-5-13-8/h5-6H,2-4H2,1H3,(H2,12,13,14,15). The number of aromatic nitrogens is 2. The minimum Gasteiger partial charge on any atom is -0.383 e. The Hall–Kier alpha value is -0.780. The van der Waals surface area contributed by atoms with Crippen LogP contribution in [-0.2, 0) is 4.74 Å². The zero-order valence-corrected chi connectivity index (χ0v) is 10.3. The van der Waals surface area contributed by atoms with Crippen molar-refractivity contribution in [3.8, 4) is 0 Å². The number of aromatic amines is 1. The molecule has 90 valence electrons. The molecule has 0 aliphatic rings. The summed E-state index contributed by atoms with van der Waals surface area (Å²) in [5.41, 5.74) is -0.363. The van der Waals surface area contributed by atoms with Crippen molar-refractivity contribution in [1.82, 2.24) is 9.97 Å². The van der Waals surface area contributed by atoms with Gasteiger partial charge in [0.1, 0.15) is 5.02 Å². The first-order valence-electron chi connectivity index (χ1n) is 4.75. The number of rotatable bonds is 6. The second-order valence-corrected chi connectivity index (χ2v) is 4.16. The number of methoxy groups -OCH3 is 1. The van der Waals surface area contributed by atoms with E-state index in [4.69, 9.17) is 27.9 Å². The maximum absolute atomic E-state index is 11.1. The van der Waals surface area contributed by atoms with Crippen molar-refractivity contribution in [1.29, 1.82) is 0 Å². The van der Waals surface area contributed by atoms with Crippen LogP contribution in [-0.4, -0.2) is 35.6 Å². The largest absolute Gasteiger partial charge is 0.383 e. The molecule has 2 N–H and O–H groups in total. The predicted octanol–water partition coefficient (Wildman–Crippen LogP) is 1.48. The van der Waals surface area contributed by atoms with E-state index in [9.17, 15) is 4.79 Å². The number of halogens is 2. The maximum Gasteiger partial charge on any atom is 0.271 e. The van der Waals surface area contributed by atoms with Gasteiger partial charge in [0, 0.05) is 13.7 Å². The molecular weight excluding hydrogens is 253 g/mol. The van der Waals surface area contributed by atoms with E-state index in [1.54, 1.807) is 7.11 Å². The molecule has 0 bridgehead atoms. The van der Waals surface area contributed by atoms with Gasteiger partial charge in [-0.2, -0.15) is 0 Å². The van der Waals surface area contributed by atoms with E-state index in [1.807, 2.05) is 0 Å². The van der Waals surface area contributed by atoms with Crippen LogP contribution < -0.4 is 10.9 Å². The number of nitrogens with one attached hydrogen (secondary N) is 2. The van der Waals surface area contributed by atoms with Crippen LogP contribution in [0, 0.1) is 0 Å². The molecule has 1 aromatic heterocycles. The third-order valence-corrected chi connectivity index (χ3v) is 2.59. The van der Waals surface area contributed by atoms with Gasteiger partial charge in [-0.3, -0.25) is 4.79 Å². The molecule has 1 heterocycles. The molecule has 0 aromatic carbocycles. The van der Waals surface area contributed by atoms with Gasteiger partial charge in [-0.15, -0.1) is 11.6 Å². The molecule has 1 aromatic rings. The quantitative estimate of drug-likeness (QED) is 0.765. The third-order valence-electron chi connectivity index (χ3n) is 1.89. The van der Waals surface area contributed by atoms with E-state index in [2.05, 4.69) is 15.3 Å². The predicted molar refractivity (Wildman–Crippen MR) is 64.5 cm³/mol. The van der Waals surface area contributed by atoms with Crippen molar-refractivity contribution in [2.24, 2.45) is 0 Å². The Kier molecular flexibility index (Phi) is 5.59. The van der Waals surface area contributed by atoms with Crippen LogP contribution in [0.15, 0.2) is 11.1 Å². The molecule has 0 amide bonds. The Morgan fingerprint density at radius 1 is 1.69 bits per heavy atom. The van der Waals surface area contributed by atoms with Gasteiger partial charge >= 0.3 is 0 Å². The van der Waals surface area contributed by atoms with E-state index >= 15 is 0 Å². The first-order valence-corrected chi connectivity index (χ1v) is 5.56. The summed E-state index contributed by atoms with van der Waals surface area (Å²) in [7, 11) is 1.60. The summed E-state index contributed by atoms with van der Waals surface area (Å²) in [6.45, 7) is 1.06. The van der Waals surface area contributed by atoms with Gasteiger partial charge in [0.15, 0.2) is 5.82 Å². The second kappa shape index (κ2) is 6.73. The van der Waals surface area contributed by atoms with E-state index in [-0.39, 0.29) is 16.0 Å². The van der Waals surface area contributed by atoms with Crippen LogP contribution in [0.5, 0.6) is 0 Å². The van der Waals surface area contributed by atoms with Crippen molar-refractivity contribution >= 4 is 29.0 Å². The van der Waals surface area contributed by atoms with Crippen LogP contribution in [0.4, 0.5) is 5.82 Å². The fourth-order valence-electron chi connectivity index (χ4n) is 1.12. The summed E-state index contributed by atoms with van der Waals surface area (Å²) in [6.07, 6.45) is 1.99. The summed E-state index contributed by atoms with van der Waals surface area (Å²) in [5, 5.41) is 2.92. The summed E-state index contributed by atoms with van der Waals surface area (Å²) in [5.74, 6) is 0.367. The highest BCUT2D eigenvalue weighted by atomic mass is 35.5. The van der Waals surface area contributed by atoms with E-state index in [0.29, 0.717) is 25.4 Å². The van der Waals surface area contributed by atoms with Gasteiger partial charge in [0.2, 0.25) is 0 Å². The van der Waals surface area contributed by atoms with Gasteiger partial charge < -0.3 is 15.0 Å². The van der Waals surface area contributed by atoms with E-state index in [0.717, 1.165) is 0 Å². The number of anilines is 1. The van der Waals surface area contributed by atoms with Crippen molar-refractivity contribution in [2.45, 2.75) is 11.8 Å². The van der Waals surface area contributed by atoms with Crippen LogP contribution >= 0.6 is 23.2 Å². The van der Waals surface area contributed by atoms with Crippen molar-refractivity contribution < 1.29 is 4.74 Å². The second-order valence-electron chi connectivity index (χ2n) is 3.16. The molecular formula is C9H13Cl2N3O2. The molecule has 1 atom stereocenters. The average molecular weight is 266 g/mol. The molecule has 5 nitrogen and oxygen atoms in total. The monoisotopic (exact) mass is 265 g/mol. The molecule has 0 spiro atoms. The number of hydrogen-bond donors (Lipinski definition) is 2. The number of hydrogen-bond acceptors (Lipinski definition) is 4. The Morgan fingerprint density at radius 2 is 2.44 bits per heavy atom. The molecule has 7 heteroatoms. The normalized spacial score (nSPS) is 12.4. The topological polar surface area (TPSA) is 67.0 Å². The molecule has 0 aliphatic heterocycles. The zero-order chi connectivity index (χ0) is 12.0. The van der Waals surface area contributed by atoms with Gasteiger partial charge in [-0.05, 0) is 6.42 Å². The minimum absolute atomic E-state index is 0.0559. The van der Waals surface area contributed by atoms with Crippen molar-refractivity contribution in [3.05, 3.63) is 21.7 Å². The molecule has 1 rings (SSSR count). The number of ether oxygens (including phenoxy) is 1. The highest BCUT2D eigenvalue weighted by Crippen LogP contribution is 2.12. The SMILES string of the molecule is COCC(Cl)CCNc1nc[nH]c(=O)c1Cl. The van der Waals surface area contributed by atoms with Gasteiger partial charge in [0.25, 0.3) is 5.56 Å². The van der Waals surface area contributed by atoms with Crippen molar-refractivity contribution in [3.63, 3.8) is 0 Å². The zero-order valence-electron chi connectivity index (χ0n) is 8.80. The van der Waals surface area contributed by atoms with E-state index < -0.39 is 0 Å². The minimum atomic E-state index is -0.363. The first-order chi connectivity index (χ1) is 7.65. The Morgan fingerprint density at radius 3 is 3.12 bits per heavy atom. The van der Waals surface area contributed by atoms with Crippen LogP contribution in [0.25, 0.3) is 0 Å². The van der Waals surface area contributed by atoms with Gasteiger partial charge in [-0.25, -0.2) is 4.98 Å². The van der Waals surface area contributed by atoms with Crippen LogP contribution in [0.1, 0.15) is 6.42 Å². The van der Waals surface area contributed by atoms with Gasteiger partial charge in [0.05, 0.1) is 18.3 Å². The molecule has 1 unspecified atom stereocenters. The summed E-state index contributed by atoms with van der Waals surface area (Å²) >= 11 is 11.7. The molecule has 0 aliphatic carbocycles. The molecule has 0 radical (unpaired) electrons. The van der Waals surface area contributed by atoms with Crippen LogP contribution in [0.3, 0.4) is 0 Å². The third kappa shape index (κ3) is 4.00. The average Bonchev–Trinajstić information content (AvgIpc) is 2.25. The lowest BCUT2D eigenvalue weighted by Gasteiger charge is -2.09. The highest BCUT2D eigenvalue weighted by Gasteiger charge is 2.07. The fraction of sp³-hybridized carbons (Fsp3) is 0.556. The lowest BCUT2D eigenvalue weighted by Crippen LogP contribution is -2.16. The van der Waals surface area contributed by atoms with Crippen LogP contribution in [0.2, 0.25) is 5.02 Å². The molecule has 0 saturated heterocycles.